The molecule has 6 heteroatoms. The van der Waals surface area contributed by atoms with E-state index in [1.54, 1.807) is 13.8 Å². The maximum absolute atomic E-state index is 11.6. The van der Waals surface area contributed by atoms with Gasteiger partial charge in [0.15, 0.2) is 0 Å². The van der Waals surface area contributed by atoms with E-state index in [0.717, 1.165) is 19.5 Å². The highest BCUT2D eigenvalue weighted by Crippen LogP contribution is 2.08. The third kappa shape index (κ3) is 5.67. The van der Waals surface area contributed by atoms with E-state index in [0.29, 0.717) is 29.9 Å². The van der Waals surface area contributed by atoms with Crippen LogP contribution in [0.1, 0.15) is 43.2 Å². The van der Waals surface area contributed by atoms with Gasteiger partial charge in [0, 0.05) is 18.8 Å². The van der Waals surface area contributed by atoms with E-state index in [9.17, 15) is 4.79 Å². The monoisotopic (exact) mass is 294 g/mol. The lowest BCUT2D eigenvalue weighted by molar-refractivity contribution is 0.0524. The van der Waals surface area contributed by atoms with E-state index in [-0.39, 0.29) is 5.97 Å². The lowest BCUT2D eigenvalue weighted by Gasteiger charge is -2.20. The number of ether oxygens (including phenoxy) is 1. The van der Waals surface area contributed by atoms with Crippen LogP contribution < -0.4 is 5.32 Å². The smallest absolute Gasteiger partial charge is 0.341 e. The molecule has 0 aromatic carbocycles. The molecule has 1 aromatic heterocycles. The van der Waals surface area contributed by atoms with E-state index < -0.39 is 0 Å². The molecule has 0 fully saturated rings. The minimum Gasteiger partial charge on any atom is -0.462 e. The van der Waals surface area contributed by atoms with E-state index in [1.165, 1.54) is 6.20 Å². The number of carbonyl (C=O) groups excluding carboxylic acids is 1. The van der Waals surface area contributed by atoms with E-state index >= 15 is 0 Å². The first-order valence-corrected chi connectivity index (χ1v) is 7.40. The lowest BCUT2D eigenvalue weighted by atomic mass is 10.2. The summed E-state index contributed by atoms with van der Waals surface area (Å²) in [7, 11) is 2.11. The Morgan fingerprint density at radius 2 is 2.19 bits per heavy atom. The molecule has 0 atom stereocenters. The zero-order valence-electron chi connectivity index (χ0n) is 13.6. The van der Waals surface area contributed by atoms with Crippen molar-refractivity contribution in [2.75, 3.05) is 32.1 Å². The molecule has 0 unspecified atom stereocenters. The van der Waals surface area contributed by atoms with Gasteiger partial charge in [-0.15, -0.1) is 0 Å². The maximum Gasteiger partial charge on any atom is 0.341 e. The number of aromatic nitrogens is 2. The Morgan fingerprint density at radius 3 is 2.76 bits per heavy atom. The van der Waals surface area contributed by atoms with Crippen LogP contribution in [0.3, 0.4) is 0 Å². The van der Waals surface area contributed by atoms with Gasteiger partial charge in [0.2, 0.25) is 5.95 Å². The van der Waals surface area contributed by atoms with Crippen LogP contribution in [0.15, 0.2) is 6.20 Å². The van der Waals surface area contributed by atoms with Crippen LogP contribution >= 0.6 is 0 Å². The molecule has 1 aromatic rings. The van der Waals surface area contributed by atoms with Crippen molar-refractivity contribution in [3.8, 4) is 0 Å². The van der Waals surface area contributed by atoms with Crippen LogP contribution in [0.5, 0.6) is 0 Å². The first-order valence-electron chi connectivity index (χ1n) is 7.40. The molecular formula is C15H26N4O2. The summed E-state index contributed by atoms with van der Waals surface area (Å²) in [5, 5.41) is 3.18. The number of rotatable bonds is 8. The molecule has 0 aliphatic rings. The third-order valence-electron chi connectivity index (χ3n) is 3.33. The fraction of sp³-hybridized carbons (Fsp3) is 0.667. The number of aryl methyl sites for hydroxylation is 1. The van der Waals surface area contributed by atoms with E-state index in [4.69, 9.17) is 4.74 Å². The Morgan fingerprint density at radius 1 is 1.48 bits per heavy atom. The van der Waals surface area contributed by atoms with Gasteiger partial charge in [-0.05, 0) is 47.7 Å². The van der Waals surface area contributed by atoms with Crippen molar-refractivity contribution in [2.45, 2.75) is 40.2 Å². The maximum atomic E-state index is 11.6. The van der Waals surface area contributed by atoms with Crippen LogP contribution in [0, 0.1) is 6.92 Å². The Bertz CT molecular complexity index is 463. The van der Waals surface area contributed by atoms with Gasteiger partial charge in [-0.25, -0.2) is 14.8 Å². The molecule has 0 aliphatic carbocycles. The second kappa shape index (κ2) is 8.56. The predicted molar refractivity (Wildman–Crippen MR) is 83.6 cm³/mol. The van der Waals surface area contributed by atoms with Crippen molar-refractivity contribution in [3.05, 3.63) is 17.5 Å². The van der Waals surface area contributed by atoms with Crippen LogP contribution in [0.25, 0.3) is 0 Å². The molecule has 1 rings (SSSR count). The zero-order chi connectivity index (χ0) is 15.8. The minimum atomic E-state index is -0.375. The fourth-order valence-corrected chi connectivity index (χ4v) is 1.75. The number of anilines is 1. The number of nitrogens with one attached hydrogen (secondary N) is 1. The highest BCUT2D eigenvalue weighted by molar-refractivity contribution is 5.90. The predicted octanol–water partition coefficient (Wildman–Crippen LogP) is 2.10. The van der Waals surface area contributed by atoms with Crippen LogP contribution in [-0.2, 0) is 4.74 Å². The van der Waals surface area contributed by atoms with Gasteiger partial charge in [-0.1, -0.05) is 0 Å². The first-order chi connectivity index (χ1) is 9.95. The highest BCUT2D eigenvalue weighted by atomic mass is 16.5. The summed E-state index contributed by atoms with van der Waals surface area (Å²) in [6, 6.07) is 0.548. The molecule has 0 saturated heterocycles. The zero-order valence-corrected chi connectivity index (χ0v) is 13.6. The molecule has 118 valence electrons. The molecule has 6 nitrogen and oxygen atoms in total. The van der Waals surface area contributed by atoms with Crippen molar-refractivity contribution < 1.29 is 9.53 Å². The van der Waals surface area contributed by atoms with E-state index in [1.807, 2.05) is 0 Å². The largest absolute Gasteiger partial charge is 0.462 e. The number of carbonyl (C=O) groups is 1. The van der Waals surface area contributed by atoms with Crippen LogP contribution in [0.2, 0.25) is 0 Å². The van der Waals surface area contributed by atoms with E-state index in [2.05, 4.69) is 41.1 Å². The summed E-state index contributed by atoms with van der Waals surface area (Å²) in [6.45, 7) is 10.1. The van der Waals surface area contributed by atoms with Gasteiger partial charge in [0.25, 0.3) is 0 Å². The topological polar surface area (TPSA) is 67.3 Å². The van der Waals surface area contributed by atoms with Crippen molar-refractivity contribution in [3.63, 3.8) is 0 Å². The molecular weight excluding hydrogens is 268 g/mol. The summed E-state index contributed by atoms with van der Waals surface area (Å²) in [5.41, 5.74) is 1.05. The van der Waals surface area contributed by atoms with Crippen LogP contribution in [0.4, 0.5) is 5.95 Å². The molecule has 0 bridgehead atoms. The Balaban J connectivity index is 2.47. The molecule has 1 N–H and O–H groups in total. The van der Waals surface area contributed by atoms with Crippen molar-refractivity contribution >= 4 is 11.9 Å². The molecule has 1 heterocycles. The average molecular weight is 294 g/mol. The minimum absolute atomic E-state index is 0.349. The second-order valence-electron chi connectivity index (χ2n) is 5.27. The molecule has 0 aliphatic heterocycles. The van der Waals surface area contributed by atoms with Gasteiger partial charge in [-0.2, -0.15) is 0 Å². The summed E-state index contributed by atoms with van der Waals surface area (Å²) in [4.78, 5) is 22.4. The summed E-state index contributed by atoms with van der Waals surface area (Å²) < 4.78 is 4.95. The molecule has 0 amide bonds. The highest BCUT2D eigenvalue weighted by Gasteiger charge is 2.12. The molecule has 0 saturated carbocycles. The van der Waals surface area contributed by atoms with Crippen molar-refractivity contribution in [1.29, 1.82) is 0 Å². The quantitative estimate of drug-likeness (QED) is 0.585. The third-order valence-corrected chi connectivity index (χ3v) is 3.33. The average Bonchev–Trinajstić information content (AvgIpc) is 2.43. The van der Waals surface area contributed by atoms with Gasteiger partial charge < -0.3 is 15.0 Å². The lowest BCUT2D eigenvalue weighted by Crippen LogP contribution is -2.28. The van der Waals surface area contributed by atoms with Crippen molar-refractivity contribution in [2.24, 2.45) is 0 Å². The number of nitrogens with zero attached hydrogens (tertiary/aromatic N) is 3. The summed E-state index contributed by atoms with van der Waals surface area (Å²) in [6.07, 6.45) is 2.53. The van der Waals surface area contributed by atoms with Gasteiger partial charge >= 0.3 is 5.97 Å². The number of hydrogen-bond donors (Lipinski definition) is 1. The molecule has 0 spiro atoms. The number of esters is 1. The van der Waals surface area contributed by atoms with Crippen molar-refractivity contribution in [1.82, 2.24) is 14.9 Å². The fourth-order valence-electron chi connectivity index (χ4n) is 1.75. The second-order valence-corrected chi connectivity index (χ2v) is 5.27. The molecule has 0 radical (unpaired) electrons. The normalized spacial score (nSPS) is 11.0. The van der Waals surface area contributed by atoms with Crippen LogP contribution in [-0.4, -0.2) is 53.6 Å². The Kier molecular flexibility index (Phi) is 7.08. The SMILES string of the molecule is CCOC(=O)c1cnc(NCCCN(C)C(C)C)nc1C. The van der Waals surface area contributed by atoms with Gasteiger partial charge in [0.05, 0.1) is 17.9 Å². The van der Waals surface area contributed by atoms with Gasteiger partial charge in [0.1, 0.15) is 0 Å². The number of hydrogen-bond acceptors (Lipinski definition) is 6. The summed E-state index contributed by atoms with van der Waals surface area (Å²) >= 11 is 0. The summed E-state index contributed by atoms with van der Waals surface area (Å²) in [5.74, 6) is 0.174. The molecule has 21 heavy (non-hydrogen) atoms. The van der Waals surface area contributed by atoms with Gasteiger partial charge in [-0.3, -0.25) is 0 Å². The first kappa shape index (κ1) is 17.4. The Labute approximate surface area is 126 Å². The standard InChI is InChI=1S/C15H26N4O2/c1-6-21-14(20)13-10-17-15(18-12(13)4)16-8-7-9-19(5)11(2)3/h10-11H,6-9H2,1-5H3,(H,16,17,18). The Hall–Kier alpha value is -1.69.